The Hall–Kier alpha value is -3.68. The molecule has 5 rings (SSSR count). The van der Waals surface area contributed by atoms with E-state index in [9.17, 15) is 9.59 Å². The largest absolute Gasteiger partial charge is 0.342 e. The first-order chi connectivity index (χ1) is 15.2. The number of H-pyrrole nitrogens is 1. The first-order valence-corrected chi connectivity index (χ1v) is 10.6. The van der Waals surface area contributed by atoms with Crippen molar-refractivity contribution in [3.05, 3.63) is 65.4 Å². The van der Waals surface area contributed by atoms with Crippen molar-refractivity contribution in [2.45, 2.75) is 32.4 Å². The number of nitrogens with zero attached hydrogens (tertiary/aromatic N) is 4. The molecule has 2 aromatic carbocycles. The smallest absolute Gasteiger partial charge is 0.322 e. The number of aromatic amines is 1. The van der Waals surface area contributed by atoms with Crippen molar-refractivity contribution in [3.63, 3.8) is 0 Å². The summed E-state index contributed by atoms with van der Waals surface area (Å²) in [6.45, 7) is 2.73. The number of rotatable bonds is 5. The van der Waals surface area contributed by atoms with Gasteiger partial charge in [0, 0.05) is 50.3 Å². The third-order valence-electron chi connectivity index (χ3n) is 5.95. The standard InChI is InChI=1S/C23H24N6O2/c30-21-6-3-12-28(21)13-11-20-22(26-27-25-20)16-7-9-19(10-8-16)24-23(31)29-14-17-4-1-2-5-18(17)15-29/h1-2,4-5,7-10H,3,6,11-15H2,(H,24,31)(H,25,26,27). The molecule has 2 N–H and O–H groups in total. The highest BCUT2D eigenvalue weighted by molar-refractivity contribution is 5.90. The fourth-order valence-corrected chi connectivity index (χ4v) is 4.23. The maximum Gasteiger partial charge on any atom is 0.322 e. The average molecular weight is 416 g/mol. The zero-order valence-corrected chi connectivity index (χ0v) is 17.2. The molecular weight excluding hydrogens is 392 g/mol. The predicted molar refractivity (Wildman–Crippen MR) is 116 cm³/mol. The van der Waals surface area contributed by atoms with Crippen molar-refractivity contribution < 1.29 is 9.59 Å². The molecule has 2 aliphatic rings. The summed E-state index contributed by atoms with van der Waals surface area (Å²) in [6.07, 6.45) is 2.23. The lowest BCUT2D eigenvalue weighted by Crippen LogP contribution is -2.30. The summed E-state index contributed by atoms with van der Waals surface area (Å²) in [5.74, 6) is 0.214. The minimum atomic E-state index is -0.110. The SMILES string of the molecule is O=C1CCCN1CCc1n[nH]nc1-c1ccc(NC(=O)N2Cc3ccccc3C2)cc1. The third kappa shape index (κ3) is 4.01. The molecule has 8 nitrogen and oxygen atoms in total. The monoisotopic (exact) mass is 416 g/mol. The van der Waals surface area contributed by atoms with E-state index in [1.54, 1.807) is 4.90 Å². The molecule has 0 radical (unpaired) electrons. The molecule has 0 atom stereocenters. The Morgan fingerprint density at radius 1 is 1.03 bits per heavy atom. The molecule has 0 aliphatic carbocycles. The van der Waals surface area contributed by atoms with Crippen molar-refractivity contribution in [1.82, 2.24) is 25.2 Å². The summed E-state index contributed by atoms with van der Waals surface area (Å²) in [6, 6.07) is 15.6. The number of nitrogens with one attached hydrogen (secondary N) is 2. The number of urea groups is 1. The number of aromatic nitrogens is 3. The Morgan fingerprint density at radius 2 is 1.77 bits per heavy atom. The van der Waals surface area contributed by atoms with Gasteiger partial charge in [-0.1, -0.05) is 36.4 Å². The zero-order chi connectivity index (χ0) is 21.2. The Labute approximate surface area is 180 Å². The Morgan fingerprint density at radius 3 is 2.45 bits per heavy atom. The van der Waals surface area contributed by atoms with Gasteiger partial charge in [-0.05, 0) is 29.7 Å². The van der Waals surface area contributed by atoms with E-state index in [4.69, 9.17) is 0 Å². The molecule has 1 fully saturated rings. The number of hydrogen-bond acceptors (Lipinski definition) is 4. The highest BCUT2D eigenvalue weighted by Crippen LogP contribution is 2.25. The normalized spacial score (nSPS) is 15.4. The fraction of sp³-hybridized carbons (Fsp3) is 0.304. The molecule has 1 saturated heterocycles. The Kier molecular flexibility index (Phi) is 5.11. The van der Waals surface area contributed by atoms with Gasteiger partial charge in [-0.3, -0.25) is 4.79 Å². The fourth-order valence-electron chi connectivity index (χ4n) is 4.23. The van der Waals surface area contributed by atoms with Gasteiger partial charge in [0.25, 0.3) is 0 Å². The minimum Gasteiger partial charge on any atom is -0.342 e. The van der Waals surface area contributed by atoms with Crippen LogP contribution in [0.2, 0.25) is 0 Å². The molecule has 8 heteroatoms. The number of carbonyl (C=O) groups excluding carboxylic acids is 2. The molecular formula is C23H24N6O2. The van der Waals surface area contributed by atoms with Gasteiger partial charge in [0.1, 0.15) is 5.69 Å². The van der Waals surface area contributed by atoms with E-state index in [1.807, 2.05) is 41.3 Å². The van der Waals surface area contributed by atoms with E-state index in [-0.39, 0.29) is 11.9 Å². The van der Waals surface area contributed by atoms with Gasteiger partial charge in [-0.15, -0.1) is 0 Å². The number of amides is 3. The molecule has 0 spiro atoms. The van der Waals surface area contributed by atoms with Crippen LogP contribution < -0.4 is 5.32 Å². The lowest BCUT2D eigenvalue weighted by Gasteiger charge is -2.16. The highest BCUT2D eigenvalue weighted by Gasteiger charge is 2.23. The molecule has 158 valence electrons. The lowest BCUT2D eigenvalue weighted by molar-refractivity contribution is -0.127. The van der Waals surface area contributed by atoms with Crippen LogP contribution in [0.3, 0.4) is 0 Å². The van der Waals surface area contributed by atoms with Gasteiger partial charge in [-0.2, -0.15) is 15.4 Å². The van der Waals surface area contributed by atoms with E-state index in [1.165, 1.54) is 11.1 Å². The number of benzene rings is 2. The zero-order valence-electron chi connectivity index (χ0n) is 17.2. The predicted octanol–water partition coefficient (Wildman–Crippen LogP) is 3.18. The average Bonchev–Trinajstić information content (AvgIpc) is 3.52. The molecule has 2 aliphatic heterocycles. The molecule has 3 amide bonds. The summed E-state index contributed by atoms with van der Waals surface area (Å²) < 4.78 is 0. The minimum absolute atomic E-state index is 0.110. The number of carbonyl (C=O) groups is 2. The van der Waals surface area contributed by atoms with Crippen LogP contribution in [0.15, 0.2) is 48.5 Å². The number of anilines is 1. The molecule has 1 aromatic heterocycles. The van der Waals surface area contributed by atoms with Crippen molar-refractivity contribution in [1.29, 1.82) is 0 Å². The quantitative estimate of drug-likeness (QED) is 0.668. The van der Waals surface area contributed by atoms with Gasteiger partial charge in [0.2, 0.25) is 5.91 Å². The number of likely N-dealkylation sites (tertiary alicyclic amines) is 1. The van der Waals surface area contributed by atoms with Crippen LogP contribution in [0.25, 0.3) is 11.3 Å². The van der Waals surface area contributed by atoms with Crippen LogP contribution in [0.1, 0.15) is 29.7 Å². The molecule has 3 heterocycles. The second kappa shape index (κ2) is 8.22. The molecule has 31 heavy (non-hydrogen) atoms. The van der Waals surface area contributed by atoms with Gasteiger partial charge < -0.3 is 15.1 Å². The van der Waals surface area contributed by atoms with Crippen LogP contribution in [0.5, 0.6) is 0 Å². The van der Waals surface area contributed by atoms with E-state index in [0.717, 1.165) is 35.6 Å². The van der Waals surface area contributed by atoms with E-state index in [0.29, 0.717) is 32.5 Å². The third-order valence-corrected chi connectivity index (χ3v) is 5.95. The molecule has 0 bridgehead atoms. The maximum absolute atomic E-state index is 12.6. The van der Waals surface area contributed by atoms with E-state index in [2.05, 4.69) is 32.9 Å². The van der Waals surface area contributed by atoms with Crippen molar-refractivity contribution in [2.24, 2.45) is 0 Å². The van der Waals surface area contributed by atoms with Gasteiger partial charge in [0.05, 0.1) is 5.69 Å². The van der Waals surface area contributed by atoms with Crippen molar-refractivity contribution >= 4 is 17.6 Å². The van der Waals surface area contributed by atoms with Gasteiger partial charge in [0.15, 0.2) is 0 Å². The first-order valence-electron chi connectivity index (χ1n) is 10.6. The second-order valence-electron chi connectivity index (χ2n) is 7.99. The summed E-state index contributed by atoms with van der Waals surface area (Å²) in [5.41, 5.74) is 5.66. The number of fused-ring (bicyclic) bond motifs is 1. The summed E-state index contributed by atoms with van der Waals surface area (Å²) >= 11 is 0. The Bertz CT molecular complexity index is 1080. The van der Waals surface area contributed by atoms with Crippen LogP contribution in [-0.4, -0.2) is 50.2 Å². The summed E-state index contributed by atoms with van der Waals surface area (Å²) in [5, 5.41) is 14.2. The van der Waals surface area contributed by atoms with Crippen LogP contribution in [0, 0.1) is 0 Å². The summed E-state index contributed by atoms with van der Waals surface area (Å²) in [7, 11) is 0. The first kappa shape index (κ1) is 19.3. The van der Waals surface area contributed by atoms with Gasteiger partial charge in [-0.25, -0.2) is 4.79 Å². The lowest BCUT2D eigenvalue weighted by atomic mass is 10.1. The van der Waals surface area contributed by atoms with Crippen LogP contribution in [0.4, 0.5) is 10.5 Å². The van der Waals surface area contributed by atoms with Crippen molar-refractivity contribution in [2.75, 3.05) is 18.4 Å². The second-order valence-corrected chi connectivity index (χ2v) is 7.99. The molecule has 3 aromatic rings. The van der Waals surface area contributed by atoms with E-state index >= 15 is 0 Å². The van der Waals surface area contributed by atoms with E-state index < -0.39 is 0 Å². The topological polar surface area (TPSA) is 94.2 Å². The summed E-state index contributed by atoms with van der Waals surface area (Å²) in [4.78, 5) is 28.1. The molecule has 0 unspecified atom stereocenters. The number of hydrogen-bond donors (Lipinski definition) is 2. The molecule has 0 saturated carbocycles. The maximum atomic E-state index is 12.6. The Balaban J connectivity index is 1.21. The van der Waals surface area contributed by atoms with Gasteiger partial charge >= 0.3 is 6.03 Å². The van der Waals surface area contributed by atoms with Crippen LogP contribution >= 0.6 is 0 Å². The van der Waals surface area contributed by atoms with Crippen LogP contribution in [-0.2, 0) is 24.3 Å². The highest BCUT2D eigenvalue weighted by atomic mass is 16.2. The van der Waals surface area contributed by atoms with Crippen molar-refractivity contribution in [3.8, 4) is 11.3 Å².